The zero-order chi connectivity index (χ0) is 13.2. The minimum absolute atomic E-state index is 0.466. The van der Waals surface area contributed by atoms with Crippen LogP contribution in [0.1, 0.15) is 5.69 Å². The van der Waals surface area contributed by atoms with Gasteiger partial charge < -0.3 is 5.73 Å². The Morgan fingerprint density at radius 3 is 2.47 bits per heavy atom. The molecule has 3 rings (SSSR count). The number of thiazole rings is 1. The normalized spacial score (nSPS) is 10.8. The second-order valence-corrected chi connectivity index (χ2v) is 7.43. The molecule has 0 fully saturated rings. The highest BCUT2D eigenvalue weighted by atomic mass is 79.9. The topological polar surface area (TPSA) is 38.9 Å². The van der Waals surface area contributed by atoms with Gasteiger partial charge in [-0.15, -0.1) is 22.7 Å². The Morgan fingerprint density at radius 1 is 1.05 bits per heavy atom. The van der Waals surface area contributed by atoms with Gasteiger partial charge in [0.05, 0.1) is 19.2 Å². The van der Waals surface area contributed by atoms with Gasteiger partial charge in [-0.1, -0.05) is 30.3 Å². The van der Waals surface area contributed by atoms with E-state index in [-0.39, 0.29) is 0 Å². The van der Waals surface area contributed by atoms with Crippen LogP contribution in [0.3, 0.4) is 0 Å². The van der Waals surface area contributed by atoms with Crippen molar-refractivity contribution in [3.8, 4) is 20.3 Å². The fourth-order valence-electron chi connectivity index (χ4n) is 1.84. The SMILES string of the molecule is NCc1nc(-c2ccc(Br)s2)sc1-c1ccccc1. The Hall–Kier alpha value is -1.01. The van der Waals surface area contributed by atoms with Crippen molar-refractivity contribution in [3.63, 3.8) is 0 Å². The summed E-state index contributed by atoms with van der Waals surface area (Å²) in [6.45, 7) is 0.466. The van der Waals surface area contributed by atoms with Crippen molar-refractivity contribution in [2.75, 3.05) is 0 Å². The van der Waals surface area contributed by atoms with Crippen LogP contribution in [0.4, 0.5) is 0 Å². The molecule has 5 heteroatoms. The number of halogens is 1. The Balaban J connectivity index is 2.09. The van der Waals surface area contributed by atoms with Gasteiger partial charge in [0.1, 0.15) is 5.01 Å². The molecule has 2 heterocycles. The molecular weight excluding hydrogens is 340 g/mol. The number of nitrogens with zero attached hydrogens (tertiary/aromatic N) is 1. The van der Waals surface area contributed by atoms with Gasteiger partial charge in [0.2, 0.25) is 0 Å². The van der Waals surface area contributed by atoms with Crippen molar-refractivity contribution >= 4 is 38.6 Å². The summed E-state index contributed by atoms with van der Waals surface area (Å²) in [6, 6.07) is 14.4. The maximum Gasteiger partial charge on any atom is 0.134 e. The highest BCUT2D eigenvalue weighted by Crippen LogP contribution is 2.39. The molecule has 0 aliphatic carbocycles. The van der Waals surface area contributed by atoms with Crippen LogP contribution in [0, 0.1) is 0 Å². The second-order valence-electron chi connectivity index (χ2n) is 3.97. The Bertz CT molecular complexity index is 689. The van der Waals surface area contributed by atoms with E-state index in [0.29, 0.717) is 6.54 Å². The van der Waals surface area contributed by atoms with E-state index in [0.717, 1.165) is 14.5 Å². The molecule has 0 atom stereocenters. The third-order valence-electron chi connectivity index (χ3n) is 2.71. The summed E-state index contributed by atoms with van der Waals surface area (Å²) >= 11 is 6.88. The van der Waals surface area contributed by atoms with E-state index in [1.165, 1.54) is 15.3 Å². The van der Waals surface area contributed by atoms with Gasteiger partial charge in [0, 0.05) is 6.54 Å². The first kappa shape index (κ1) is 13.0. The molecule has 0 saturated heterocycles. The van der Waals surface area contributed by atoms with Gasteiger partial charge in [0.15, 0.2) is 0 Å². The largest absolute Gasteiger partial charge is 0.325 e. The summed E-state index contributed by atoms with van der Waals surface area (Å²) in [5, 5.41) is 1.04. The third-order valence-corrected chi connectivity index (χ3v) is 5.65. The van der Waals surface area contributed by atoms with Crippen LogP contribution < -0.4 is 5.73 Å². The van der Waals surface area contributed by atoms with Crippen LogP contribution in [-0.4, -0.2) is 4.98 Å². The second kappa shape index (κ2) is 5.54. The summed E-state index contributed by atoms with van der Waals surface area (Å²) in [5.41, 5.74) is 7.97. The number of nitrogens with two attached hydrogens (primary N) is 1. The maximum atomic E-state index is 5.82. The zero-order valence-electron chi connectivity index (χ0n) is 9.97. The lowest BCUT2D eigenvalue weighted by atomic mass is 10.1. The average molecular weight is 351 g/mol. The van der Waals surface area contributed by atoms with Crippen LogP contribution in [0.2, 0.25) is 0 Å². The summed E-state index contributed by atoms with van der Waals surface area (Å²) in [4.78, 5) is 7.02. The molecule has 2 aromatic heterocycles. The van der Waals surface area contributed by atoms with E-state index in [1.807, 2.05) is 24.3 Å². The molecule has 0 saturated carbocycles. The molecule has 2 nitrogen and oxygen atoms in total. The highest BCUT2D eigenvalue weighted by molar-refractivity contribution is 9.11. The van der Waals surface area contributed by atoms with Gasteiger partial charge in [-0.2, -0.15) is 0 Å². The molecule has 0 aliphatic heterocycles. The van der Waals surface area contributed by atoms with Crippen LogP contribution in [0.25, 0.3) is 20.3 Å². The number of benzene rings is 1. The van der Waals surface area contributed by atoms with E-state index >= 15 is 0 Å². The molecule has 0 aliphatic rings. The smallest absolute Gasteiger partial charge is 0.134 e. The van der Waals surface area contributed by atoms with Crippen LogP contribution in [0.15, 0.2) is 46.3 Å². The monoisotopic (exact) mass is 350 g/mol. The molecule has 0 unspecified atom stereocenters. The van der Waals surface area contributed by atoms with Crippen LogP contribution in [0.5, 0.6) is 0 Å². The van der Waals surface area contributed by atoms with Gasteiger partial charge in [0.25, 0.3) is 0 Å². The standard InChI is InChI=1S/C14H11BrN2S2/c15-12-7-6-11(18-12)14-17-10(8-16)13(19-14)9-4-2-1-3-5-9/h1-7H,8,16H2. The van der Waals surface area contributed by atoms with Crippen LogP contribution >= 0.6 is 38.6 Å². The summed E-state index contributed by atoms with van der Waals surface area (Å²) in [6.07, 6.45) is 0. The number of hydrogen-bond acceptors (Lipinski definition) is 4. The molecule has 1 aromatic carbocycles. The first-order valence-electron chi connectivity index (χ1n) is 5.79. The quantitative estimate of drug-likeness (QED) is 0.739. The lowest BCUT2D eigenvalue weighted by Crippen LogP contribution is -1.98. The molecule has 19 heavy (non-hydrogen) atoms. The molecule has 96 valence electrons. The molecular formula is C14H11BrN2S2. The lowest BCUT2D eigenvalue weighted by Gasteiger charge is -1.98. The van der Waals surface area contributed by atoms with Crippen molar-refractivity contribution in [1.29, 1.82) is 0 Å². The maximum absolute atomic E-state index is 5.82. The number of hydrogen-bond donors (Lipinski definition) is 1. The third kappa shape index (κ3) is 2.65. The summed E-state index contributed by atoms with van der Waals surface area (Å²) in [7, 11) is 0. The molecule has 0 amide bonds. The van der Waals surface area contributed by atoms with Gasteiger partial charge in [-0.3, -0.25) is 0 Å². The highest BCUT2D eigenvalue weighted by Gasteiger charge is 2.14. The molecule has 0 bridgehead atoms. The van der Waals surface area contributed by atoms with Gasteiger partial charge >= 0.3 is 0 Å². The Kier molecular flexibility index (Phi) is 3.79. The Labute approximate surface area is 128 Å². The van der Waals surface area contributed by atoms with E-state index in [2.05, 4.69) is 39.1 Å². The minimum Gasteiger partial charge on any atom is -0.325 e. The predicted octanol–water partition coefficient (Wildman–Crippen LogP) is 4.76. The fourth-order valence-corrected chi connectivity index (χ4v) is 4.38. The van der Waals surface area contributed by atoms with Gasteiger partial charge in [-0.05, 0) is 33.6 Å². The van der Waals surface area contributed by atoms with Crippen molar-refractivity contribution in [3.05, 3.63) is 51.9 Å². The lowest BCUT2D eigenvalue weighted by molar-refractivity contribution is 1.02. The van der Waals surface area contributed by atoms with Crippen LogP contribution in [-0.2, 0) is 6.54 Å². The van der Waals surface area contributed by atoms with Crippen molar-refractivity contribution in [1.82, 2.24) is 4.98 Å². The van der Waals surface area contributed by atoms with Crippen molar-refractivity contribution in [2.24, 2.45) is 5.73 Å². The van der Waals surface area contributed by atoms with E-state index in [1.54, 1.807) is 22.7 Å². The average Bonchev–Trinajstić information content (AvgIpc) is 3.05. The van der Waals surface area contributed by atoms with E-state index in [4.69, 9.17) is 5.73 Å². The predicted molar refractivity (Wildman–Crippen MR) is 86.5 cm³/mol. The fraction of sp³-hybridized carbons (Fsp3) is 0.0714. The minimum atomic E-state index is 0.466. The zero-order valence-corrected chi connectivity index (χ0v) is 13.2. The van der Waals surface area contributed by atoms with Crippen molar-refractivity contribution in [2.45, 2.75) is 6.54 Å². The first-order valence-corrected chi connectivity index (χ1v) is 8.21. The molecule has 2 N–H and O–H groups in total. The van der Waals surface area contributed by atoms with E-state index < -0.39 is 0 Å². The molecule has 3 aromatic rings. The first-order chi connectivity index (χ1) is 9.28. The van der Waals surface area contributed by atoms with E-state index in [9.17, 15) is 0 Å². The Morgan fingerprint density at radius 2 is 1.84 bits per heavy atom. The summed E-state index contributed by atoms with van der Waals surface area (Å²) in [5.74, 6) is 0. The number of thiophene rings is 1. The van der Waals surface area contributed by atoms with Gasteiger partial charge in [-0.25, -0.2) is 4.98 Å². The molecule has 0 radical (unpaired) electrons. The van der Waals surface area contributed by atoms with Crippen molar-refractivity contribution < 1.29 is 0 Å². The summed E-state index contributed by atoms with van der Waals surface area (Å²) < 4.78 is 1.12. The molecule has 0 spiro atoms. The number of rotatable bonds is 3. The number of aromatic nitrogens is 1.